The smallest absolute Gasteiger partial charge is 0.227 e. The van der Waals surface area contributed by atoms with Gasteiger partial charge in [0.15, 0.2) is 0 Å². The Morgan fingerprint density at radius 2 is 1.93 bits per heavy atom. The van der Waals surface area contributed by atoms with Crippen LogP contribution in [0.25, 0.3) is 0 Å². The summed E-state index contributed by atoms with van der Waals surface area (Å²) in [4.78, 5) is 7.89. The maximum atomic E-state index is 12.9. The van der Waals surface area contributed by atoms with Crippen LogP contribution in [0.1, 0.15) is 0 Å². The fourth-order valence-electron chi connectivity index (χ4n) is 1.12. The summed E-state index contributed by atoms with van der Waals surface area (Å²) in [7, 11) is 0. The van der Waals surface area contributed by atoms with Gasteiger partial charge in [0.1, 0.15) is 5.82 Å². The molecule has 0 aliphatic rings. The van der Waals surface area contributed by atoms with E-state index in [1.807, 2.05) is 0 Å². The number of benzene rings is 1. The highest BCUT2D eigenvalue weighted by molar-refractivity contribution is 5.69. The van der Waals surface area contributed by atoms with Gasteiger partial charge in [0.05, 0.1) is 11.4 Å². The molecule has 2 rings (SSSR count). The number of anilines is 3. The highest BCUT2D eigenvalue weighted by Crippen LogP contribution is 2.21. The molecule has 1 aromatic carbocycles. The number of nitrogen functional groups attached to an aromatic ring is 1. The Bertz CT molecular complexity index is 458. The number of nitrogens with one attached hydrogen (secondary N) is 1. The van der Waals surface area contributed by atoms with E-state index in [0.29, 0.717) is 17.3 Å². The van der Waals surface area contributed by atoms with Crippen molar-refractivity contribution >= 4 is 17.3 Å². The normalized spacial score (nSPS) is 9.93. The lowest BCUT2D eigenvalue weighted by Crippen LogP contribution is -1.99. The van der Waals surface area contributed by atoms with Gasteiger partial charge in [-0.3, -0.25) is 0 Å². The van der Waals surface area contributed by atoms with Crippen LogP contribution in [-0.4, -0.2) is 9.97 Å². The molecular formula is C10H9FN4. The van der Waals surface area contributed by atoms with E-state index in [2.05, 4.69) is 15.3 Å². The van der Waals surface area contributed by atoms with Crippen LogP contribution in [0.2, 0.25) is 0 Å². The molecule has 0 saturated heterocycles. The van der Waals surface area contributed by atoms with Gasteiger partial charge in [0.2, 0.25) is 5.95 Å². The molecular weight excluding hydrogens is 195 g/mol. The van der Waals surface area contributed by atoms with Gasteiger partial charge in [-0.1, -0.05) is 0 Å². The van der Waals surface area contributed by atoms with Gasteiger partial charge in [-0.2, -0.15) is 0 Å². The Morgan fingerprint density at radius 3 is 2.67 bits per heavy atom. The molecule has 0 atom stereocenters. The van der Waals surface area contributed by atoms with Crippen LogP contribution in [0, 0.1) is 5.82 Å². The number of hydrogen-bond acceptors (Lipinski definition) is 4. The summed E-state index contributed by atoms with van der Waals surface area (Å²) in [5, 5.41) is 2.83. The van der Waals surface area contributed by atoms with E-state index >= 15 is 0 Å². The lowest BCUT2D eigenvalue weighted by Gasteiger charge is -2.06. The average Bonchev–Trinajstić information content (AvgIpc) is 2.25. The molecule has 0 radical (unpaired) electrons. The minimum atomic E-state index is -0.359. The Hall–Kier alpha value is -2.17. The largest absolute Gasteiger partial charge is 0.397 e. The summed E-state index contributed by atoms with van der Waals surface area (Å²) in [6, 6.07) is 5.78. The highest BCUT2D eigenvalue weighted by atomic mass is 19.1. The number of halogens is 1. The van der Waals surface area contributed by atoms with Crippen LogP contribution < -0.4 is 11.1 Å². The van der Waals surface area contributed by atoms with E-state index in [0.717, 1.165) is 0 Å². The van der Waals surface area contributed by atoms with Gasteiger partial charge in [0.25, 0.3) is 0 Å². The highest BCUT2D eigenvalue weighted by Gasteiger charge is 2.02. The van der Waals surface area contributed by atoms with E-state index in [1.54, 1.807) is 18.5 Å². The molecule has 0 aliphatic carbocycles. The second-order valence-corrected chi connectivity index (χ2v) is 2.93. The first-order valence-corrected chi connectivity index (χ1v) is 4.35. The zero-order chi connectivity index (χ0) is 10.7. The van der Waals surface area contributed by atoms with Crippen LogP contribution in [0.15, 0.2) is 36.7 Å². The maximum Gasteiger partial charge on any atom is 0.227 e. The lowest BCUT2D eigenvalue weighted by molar-refractivity contribution is 0.628. The van der Waals surface area contributed by atoms with Crippen LogP contribution in [0.3, 0.4) is 0 Å². The minimum absolute atomic E-state index is 0.359. The molecule has 0 fully saturated rings. The van der Waals surface area contributed by atoms with Gasteiger partial charge in [-0.25, -0.2) is 14.4 Å². The second kappa shape index (κ2) is 3.91. The summed E-state index contributed by atoms with van der Waals surface area (Å²) in [6.07, 6.45) is 3.18. The Morgan fingerprint density at radius 1 is 1.20 bits per heavy atom. The number of hydrogen-bond donors (Lipinski definition) is 2. The summed E-state index contributed by atoms with van der Waals surface area (Å²) in [5.74, 6) is 0.0254. The molecule has 2 aromatic rings. The van der Waals surface area contributed by atoms with Crippen molar-refractivity contribution in [1.29, 1.82) is 0 Å². The van der Waals surface area contributed by atoms with Gasteiger partial charge in [-0.05, 0) is 24.3 Å². The first kappa shape index (κ1) is 9.39. The van der Waals surface area contributed by atoms with Crippen LogP contribution in [0.5, 0.6) is 0 Å². The number of nitrogens with zero attached hydrogens (tertiary/aromatic N) is 2. The predicted octanol–water partition coefficient (Wildman–Crippen LogP) is 1.94. The molecule has 0 spiro atoms. The zero-order valence-electron chi connectivity index (χ0n) is 7.81. The topological polar surface area (TPSA) is 63.8 Å². The standard InChI is InChI=1S/C10H9FN4/c11-7-2-3-8(12)9(6-7)15-10-13-4-1-5-14-10/h1-6H,12H2,(H,13,14,15). The van der Waals surface area contributed by atoms with Crippen LogP contribution >= 0.6 is 0 Å². The first-order chi connectivity index (χ1) is 7.25. The summed E-state index contributed by atoms with van der Waals surface area (Å²) >= 11 is 0. The second-order valence-electron chi connectivity index (χ2n) is 2.93. The molecule has 15 heavy (non-hydrogen) atoms. The Labute approximate surface area is 86.0 Å². The fourth-order valence-corrected chi connectivity index (χ4v) is 1.12. The maximum absolute atomic E-state index is 12.9. The predicted molar refractivity (Wildman–Crippen MR) is 56.1 cm³/mol. The first-order valence-electron chi connectivity index (χ1n) is 4.35. The SMILES string of the molecule is Nc1ccc(F)cc1Nc1ncccn1. The molecule has 0 amide bonds. The third-order valence-corrected chi connectivity index (χ3v) is 1.83. The van der Waals surface area contributed by atoms with E-state index in [-0.39, 0.29) is 5.82 Å². The average molecular weight is 204 g/mol. The van der Waals surface area contributed by atoms with Gasteiger partial charge in [-0.15, -0.1) is 0 Å². The molecule has 76 valence electrons. The molecule has 1 heterocycles. The molecule has 0 saturated carbocycles. The minimum Gasteiger partial charge on any atom is -0.397 e. The van der Waals surface area contributed by atoms with E-state index in [1.165, 1.54) is 18.2 Å². The number of rotatable bonds is 2. The molecule has 0 bridgehead atoms. The van der Waals surface area contributed by atoms with E-state index < -0.39 is 0 Å². The van der Waals surface area contributed by atoms with Crippen LogP contribution in [-0.2, 0) is 0 Å². The van der Waals surface area contributed by atoms with Crippen molar-refractivity contribution in [3.8, 4) is 0 Å². The summed E-state index contributed by atoms with van der Waals surface area (Å²) in [5.41, 5.74) is 6.56. The van der Waals surface area contributed by atoms with Gasteiger partial charge in [0, 0.05) is 12.4 Å². The van der Waals surface area contributed by atoms with Crippen molar-refractivity contribution in [3.63, 3.8) is 0 Å². The van der Waals surface area contributed by atoms with Crippen molar-refractivity contribution < 1.29 is 4.39 Å². The van der Waals surface area contributed by atoms with Crippen molar-refractivity contribution in [3.05, 3.63) is 42.5 Å². The third kappa shape index (κ3) is 2.19. The molecule has 5 heteroatoms. The fraction of sp³-hybridized carbons (Fsp3) is 0. The summed E-state index contributed by atoms with van der Waals surface area (Å²) in [6.45, 7) is 0. The van der Waals surface area contributed by atoms with E-state index in [4.69, 9.17) is 5.73 Å². The van der Waals surface area contributed by atoms with Gasteiger partial charge < -0.3 is 11.1 Å². The zero-order valence-corrected chi connectivity index (χ0v) is 7.81. The molecule has 1 aromatic heterocycles. The Kier molecular flexibility index (Phi) is 2.45. The summed E-state index contributed by atoms with van der Waals surface area (Å²) < 4.78 is 12.9. The van der Waals surface area contributed by atoms with E-state index in [9.17, 15) is 4.39 Å². The van der Waals surface area contributed by atoms with Crippen molar-refractivity contribution in [2.24, 2.45) is 0 Å². The van der Waals surface area contributed by atoms with Gasteiger partial charge >= 0.3 is 0 Å². The van der Waals surface area contributed by atoms with Crippen molar-refractivity contribution in [1.82, 2.24) is 9.97 Å². The van der Waals surface area contributed by atoms with Crippen molar-refractivity contribution in [2.45, 2.75) is 0 Å². The third-order valence-electron chi connectivity index (χ3n) is 1.83. The molecule has 3 N–H and O–H groups in total. The lowest BCUT2D eigenvalue weighted by atomic mass is 10.2. The molecule has 4 nitrogen and oxygen atoms in total. The number of nitrogens with two attached hydrogens (primary N) is 1. The van der Waals surface area contributed by atoms with Crippen LogP contribution in [0.4, 0.5) is 21.7 Å². The van der Waals surface area contributed by atoms with Crippen molar-refractivity contribution in [2.75, 3.05) is 11.1 Å². The molecule has 0 aliphatic heterocycles. The Balaban J connectivity index is 2.28. The number of aromatic nitrogens is 2. The monoisotopic (exact) mass is 204 g/mol. The quantitative estimate of drug-likeness (QED) is 0.734. The molecule has 0 unspecified atom stereocenters.